The average Bonchev–Trinajstić information content (AvgIpc) is 3.71. The summed E-state index contributed by atoms with van der Waals surface area (Å²) in [6, 6.07) is 6.80. The minimum Gasteiger partial charge on any atom is -0.507 e. The molecule has 38 heavy (non-hydrogen) atoms. The Morgan fingerprint density at radius 3 is 2.71 bits per heavy atom. The van der Waals surface area contributed by atoms with Gasteiger partial charge in [-0.1, -0.05) is 6.07 Å². The maximum Gasteiger partial charge on any atom is 0.216 e. The maximum absolute atomic E-state index is 16.0. The highest BCUT2D eigenvalue weighted by atomic mass is 19.1. The molecule has 3 aromatic rings. The SMILES string of the molecule is [2H]C([2H])([2H])Oc1cc(-c2ccc(-c3ncc(N(C4CC4)[C@@H]4C[C@@]5(C)CCC[C@](C)(N5)[C@@H]4F)nn3)c(O)c2)cc(F)n1. The van der Waals surface area contributed by atoms with Gasteiger partial charge in [-0.25, -0.2) is 9.37 Å². The Kier molecular flexibility index (Phi) is 5.16. The number of nitrogens with one attached hydrogen (secondary N) is 1. The lowest BCUT2D eigenvalue weighted by molar-refractivity contribution is 0.000258. The Morgan fingerprint density at radius 2 is 2.00 bits per heavy atom. The molecule has 0 unspecified atom stereocenters. The molecule has 1 aromatic carbocycles. The number of phenols is 1. The molecule has 2 aliphatic heterocycles. The summed E-state index contributed by atoms with van der Waals surface area (Å²) >= 11 is 0. The number of aromatic hydroxyl groups is 1. The summed E-state index contributed by atoms with van der Waals surface area (Å²) < 4.78 is 56.5. The van der Waals surface area contributed by atoms with E-state index in [1.54, 1.807) is 18.3 Å². The second-order valence-electron chi connectivity index (χ2n) is 11.3. The summed E-state index contributed by atoms with van der Waals surface area (Å²) in [4.78, 5) is 10.0. The van der Waals surface area contributed by atoms with E-state index in [4.69, 9.17) is 8.85 Å². The number of anilines is 1. The highest BCUT2D eigenvalue weighted by molar-refractivity contribution is 5.73. The van der Waals surface area contributed by atoms with Crippen molar-refractivity contribution in [3.05, 3.63) is 42.5 Å². The van der Waals surface area contributed by atoms with Gasteiger partial charge >= 0.3 is 0 Å². The Hall–Kier alpha value is -3.40. The molecule has 200 valence electrons. The van der Waals surface area contributed by atoms with E-state index in [9.17, 15) is 9.50 Å². The molecular formula is C28H32F2N6O2. The minimum atomic E-state index is -2.79. The summed E-state index contributed by atoms with van der Waals surface area (Å²) in [5.74, 6) is -0.810. The number of halogens is 2. The molecular weight excluding hydrogens is 490 g/mol. The number of alkyl halides is 1. The molecule has 4 heterocycles. The zero-order chi connectivity index (χ0) is 29.2. The van der Waals surface area contributed by atoms with Crippen LogP contribution in [0.5, 0.6) is 11.6 Å². The molecule has 0 spiro atoms. The van der Waals surface area contributed by atoms with Crippen LogP contribution >= 0.6 is 0 Å². The molecule has 0 amide bonds. The maximum atomic E-state index is 16.0. The second kappa shape index (κ2) is 9.11. The summed E-state index contributed by atoms with van der Waals surface area (Å²) in [5.41, 5.74) is 0.246. The monoisotopic (exact) mass is 525 g/mol. The van der Waals surface area contributed by atoms with Gasteiger partial charge in [-0.05, 0) is 75.6 Å². The average molecular weight is 526 g/mol. The third-order valence-electron chi connectivity index (χ3n) is 8.18. The van der Waals surface area contributed by atoms with Crippen molar-refractivity contribution in [3.8, 4) is 34.1 Å². The fourth-order valence-corrected chi connectivity index (χ4v) is 6.33. The lowest BCUT2D eigenvalue weighted by atomic mass is 9.68. The second-order valence-corrected chi connectivity index (χ2v) is 11.3. The zero-order valence-corrected chi connectivity index (χ0v) is 21.3. The number of phenolic OH excluding ortho intramolecular Hbond substituents is 1. The summed E-state index contributed by atoms with van der Waals surface area (Å²) in [7, 11) is -2.79. The molecule has 2 aromatic heterocycles. The van der Waals surface area contributed by atoms with E-state index in [-0.39, 0.29) is 34.8 Å². The fourth-order valence-electron chi connectivity index (χ4n) is 6.33. The van der Waals surface area contributed by atoms with Crippen LogP contribution in [0.2, 0.25) is 0 Å². The first-order valence-corrected chi connectivity index (χ1v) is 12.9. The number of methoxy groups -OCH3 is 1. The first-order chi connectivity index (χ1) is 19.3. The zero-order valence-electron chi connectivity index (χ0n) is 24.3. The first-order valence-electron chi connectivity index (χ1n) is 14.4. The highest BCUT2D eigenvalue weighted by Gasteiger charge is 2.55. The third-order valence-corrected chi connectivity index (χ3v) is 8.18. The number of piperidine rings is 2. The van der Waals surface area contributed by atoms with Gasteiger partial charge in [0.25, 0.3) is 0 Å². The third kappa shape index (κ3) is 4.44. The quantitative estimate of drug-likeness (QED) is 0.442. The van der Waals surface area contributed by atoms with E-state index in [0.717, 1.165) is 38.2 Å². The van der Waals surface area contributed by atoms with Crippen molar-refractivity contribution in [1.82, 2.24) is 25.5 Å². The van der Waals surface area contributed by atoms with Crippen molar-refractivity contribution in [2.24, 2.45) is 0 Å². The van der Waals surface area contributed by atoms with Crippen molar-refractivity contribution < 1.29 is 22.7 Å². The molecule has 8 nitrogen and oxygen atoms in total. The van der Waals surface area contributed by atoms with E-state index < -0.39 is 30.6 Å². The van der Waals surface area contributed by atoms with Crippen LogP contribution in [0.15, 0.2) is 36.5 Å². The number of nitrogens with zero attached hydrogens (tertiary/aromatic N) is 5. The van der Waals surface area contributed by atoms with Gasteiger partial charge in [-0.2, -0.15) is 9.37 Å². The fraction of sp³-hybridized carbons (Fsp3) is 0.500. The smallest absolute Gasteiger partial charge is 0.216 e. The topological polar surface area (TPSA) is 96.3 Å². The van der Waals surface area contributed by atoms with E-state index >= 15 is 4.39 Å². The molecule has 10 heteroatoms. The lowest BCUT2D eigenvalue weighted by Crippen LogP contribution is -2.73. The molecule has 1 aliphatic carbocycles. The molecule has 1 saturated carbocycles. The lowest BCUT2D eigenvalue weighted by Gasteiger charge is -2.57. The Labute approximate surface area is 224 Å². The standard InChI is InChI=1S/C28H32F2N6O2/c1-27-9-4-10-28(2,35-27)25(30)20(14-27)36(18-6-7-18)23-15-31-26(34-33-23)19-8-5-16(11-21(19)37)17-12-22(29)32-24(13-17)38-3/h5,8,11-13,15,18,20,25,35,37H,4,6-7,9-10,14H2,1-3H3/t20-,25-,27-,28+/m1/s1/i3D3. The van der Waals surface area contributed by atoms with Crippen LogP contribution in [-0.2, 0) is 0 Å². The van der Waals surface area contributed by atoms with Crippen LogP contribution in [0, 0.1) is 5.95 Å². The Morgan fingerprint density at radius 1 is 1.16 bits per heavy atom. The summed E-state index contributed by atoms with van der Waals surface area (Å²) in [6.45, 7) is 4.16. The number of aromatic nitrogens is 4. The largest absolute Gasteiger partial charge is 0.507 e. The predicted molar refractivity (Wildman–Crippen MR) is 139 cm³/mol. The molecule has 6 rings (SSSR count). The molecule has 0 radical (unpaired) electrons. The molecule has 4 atom stereocenters. The van der Waals surface area contributed by atoms with Crippen LogP contribution in [0.1, 0.15) is 56.5 Å². The van der Waals surface area contributed by atoms with Crippen LogP contribution in [-0.4, -0.2) is 61.6 Å². The number of hydrogen-bond donors (Lipinski definition) is 2. The van der Waals surface area contributed by atoms with Gasteiger partial charge in [0.1, 0.15) is 11.9 Å². The van der Waals surface area contributed by atoms with Crippen molar-refractivity contribution in [2.75, 3.05) is 11.9 Å². The van der Waals surface area contributed by atoms with Gasteiger partial charge in [0.05, 0.1) is 29.0 Å². The van der Waals surface area contributed by atoms with Gasteiger partial charge in [-0.15, -0.1) is 10.2 Å². The number of ether oxygens (including phenoxy) is 1. The van der Waals surface area contributed by atoms with E-state index in [1.165, 1.54) is 12.1 Å². The molecule has 2 saturated heterocycles. The van der Waals surface area contributed by atoms with Crippen LogP contribution in [0.3, 0.4) is 0 Å². The van der Waals surface area contributed by atoms with Crippen LogP contribution < -0.4 is 15.0 Å². The van der Waals surface area contributed by atoms with Crippen molar-refractivity contribution in [3.63, 3.8) is 0 Å². The number of benzene rings is 1. The number of rotatable bonds is 6. The van der Waals surface area contributed by atoms with E-state index in [2.05, 4.69) is 37.3 Å². The Bertz CT molecular complexity index is 1460. The molecule has 2 bridgehead atoms. The normalized spacial score (nSPS) is 30.2. The number of fused-ring (bicyclic) bond motifs is 2. The van der Waals surface area contributed by atoms with Crippen molar-refractivity contribution in [1.29, 1.82) is 0 Å². The highest BCUT2D eigenvalue weighted by Crippen LogP contribution is 2.46. The molecule has 3 aliphatic rings. The van der Waals surface area contributed by atoms with Crippen molar-refractivity contribution >= 4 is 5.82 Å². The number of hydrogen-bond acceptors (Lipinski definition) is 8. The minimum absolute atomic E-state index is 0.140. The number of pyridine rings is 1. The van der Waals surface area contributed by atoms with Crippen LogP contribution in [0.25, 0.3) is 22.5 Å². The van der Waals surface area contributed by atoms with E-state index in [0.29, 0.717) is 23.4 Å². The molecule has 2 N–H and O–H groups in total. The molecule has 3 fully saturated rings. The van der Waals surface area contributed by atoms with Crippen LogP contribution in [0.4, 0.5) is 14.6 Å². The van der Waals surface area contributed by atoms with Gasteiger partial charge in [0.2, 0.25) is 11.8 Å². The summed E-state index contributed by atoms with van der Waals surface area (Å²) in [6.07, 6.45) is 5.90. The Balaban J connectivity index is 1.26. The van der Waals surface area contributed by atoms with E-state index in [1.807, 2.05) is 6.92 Å². The van der Waals surface area contributed by atoms with Gasteiger partial charge in [0, 0.05) is 29.3 Å². The first kappa shape index (κ1) is 21.5. The van der Waals surface area contributed by atoms with Gasteiger partial charge < -0.3 is 20.1 Å². The van der Waals surface area contributed by atoms with Gasteiger partial charge in [0.15, 0.2) is 11.6 Å². The predicted octanol–water partition coefficient (Wildman–Crippen LogP) is 4.82. The van der Waals surface area contributed by atoms with Crippen molar-refractivity contribution in [2.45, 2.75) is 81.7 Å². The summed E-state index contributed by atoms with van der Waals surface area (Å²) in [5, 5.41) is 23.1. The van der Waals surface area contributed by atoms with Gasteiger partial charge in [-0.3, -0.25) is 0 Å².